The van der Waals surface area contributed by atoms with E-state index >= 15 is 0 Å². The van der Waals surface area contributed by atoms with Gasteiger partial charge in [-0.25, -0.2) is 4.39 Å². The molecule has 0 unspecified atom stereocenters. The molecule has 3 nitrogen and oxygen atoms in total. The summed E-state index contributed by atoms with van der Waals surface area (Å²) in [7, 11) is 0. The summed E-state index contributed by atoms with van der Waals surface area (Å²) in [4.78, 5) is 0. The first-order valence-electron chi connectivity index (χ1n) is 3.60. The first-order valence-corrected chi connectivity index (χ1v) is 4.31. The fourth-order valence-corrected chi connectivity index (χ4v) is 1.26. The Balaban J connectivity index is 2.41. The van der Waals surface area contributed by atoms with Crippen LogP contribution in [0.15, 0.2) is 30.5 Å². The van der Waals surface area contributed by atoms with E-state index in [4.69, 9.17) is 0 Å². The number of hydrogen-bond donors (Lipinski definition) is 0. The van der Waals surface area contributed by atoms with Crippen molar-refractivity contribution in [3.63, 3.8) is 0 Å². The number of hydrogen-bond acceptors (Lipinski definition) is 2. The monoisotopic (exact) mass is 241 g/mol. The van der Waals surface area contributed by atoms with Gasteiger partial charge < -0.3 is 0 Å². The van der Waals surface area contributed by atoms with Crippen molar-refractivity contribution in [3.8, 4) is 11.3 Å². The normalized spacial score (nSPS) is 10.3. The van der Waals surface area contributed by atoms with Crippen molar-refractivity contribution in [1.82, 2.24) is 14.0 Å². The molecule has 2 aromatic rings. The molecule has 0 aliphatic carbocycles. The first kappa shape index (κ1) is 8.37. The molecule has 13 heavy (non-hydrogen) atoms. The summed E-state index contributed by atoms with van der Waals surface area (Å²) in [5, 5.41) is 7.85. The summed E-state index contributed by atoms with van der Waals surface area (Å²) in [5.41, 5.74) is 1.55. The second-order valence-corrected chi connectivity index (χ2v) is 3.11. The predicted molar refractivity (Wildman–Crippen MR) is 49.7 cm³/mol. The SMILES string of the molecule is Fc1ccc(-c2cnn(Br)n2)cc1. The van der Waals surface area contributed by atoms with Gasteiger partial charge >= 0.3 is 0 Å². The molecular weight excluding hydrogens is 237 g/mol. The molecule has 0 radical (unpaired) electrons. The number of benzene rings is 1. The van der Waals surface area contributed by atoms with E-state index in [0.717, 1.165) is 5.56 Å². The van der Waals surface area contributed by atoms with Gasteiger partial charge in [-0.2, -0.15) is 0 Å². The smallest absolute Gasteiger partial charge is 0.123 e. The lowest BCUT2D eigenvalue weighted by Crippen LogP contribution is -1.83. The number of rotatable bonds is 1. The van der Waals surface area contributed by atoms with Gasteiger partial charge in [0, 0.05) is 5.56 Å². The average molecular weight is 242 g/mol. The molecule has 66 valence electrons. The van der Waals surface area contributed by atoms with Crippen molar-refractivity contribution in [3.05, 3.63) is 36.3 Å². The van der Waals surface area contributed by atoms with Crippen LogP contribution in [0, 0.1) is 5.82 Å². The summed E-state index contributed by atoms with van der Waals surface area (Å²) in [6.07, 6.45) is 1.60. The van der Waals surface area contributed by atoms with Gasteiger partial charge in [-0.15, -0.1) is 14.0 Å². The van der Waals surface area contributed by atoms with Crippen LogP contribution in [0.25, 0.3) is 11.3 Å². The topological polar surface area (TPSA) is 30.7 Å². The molecule has 1 heterocycles. The first-order chi connectivity index (χ1) is 6.25. The Bertz CT molecular complexity index is 410. The van der Waals surface area contributed by atoms with E-state index in [0.29, 0.717) is 5.69 Å². The highest BCUT2D eigenvalue weighted by Gasteiger charge is 2.01. The van der Waals surface area contributed by atoms with Crippen LogP contribution in [-0.2, 0) is 0 Å². The molecule has 0 N–H and O–H groups in total. The Morgan fingerprint density at radius 1 is 1.23 bits per heavy atom. The molecule has 0 aliphatic rings. The van der Waals surface area contributed by atoms with Crippen molar-refractivity contribution >= 4 is 16.1 Å². The molecule has 0 bridgehead atoms. The van der Waals surface area contributed by atoms with Gasteiger partial charge in [0.25, 0.3) is 0 Å². The number of halogens is 2. The third-order valence-corrected chi connectivity index (χ3v) is 1.95. The highest BCUT2D eigenvalue weighted by atomic mass is 79.9. The van der Waals surface area contributed by atoms with Gasteiger partial charge in [-0.1, -0.05) is 0 Å². The second-order valence-electron chi connectivity index (χ2n) is 2.48. The van der Waals surface area contributed by atoms with Crippen molar-refractivity contribution in [2.75, 3.05) is 0 Å². The minimum Gasteiger partial charge on any atom is -0.207 e. The Morgan fingerprint density at radius 3 is 2.46 bits per heavy atom. The van der Waals surface area contributed by atoms with Crippen LogP contribution in [0.1, 0.15) is 0 Å². The van der Waals surface area contributed by atoms with Crippen LogP contribution < -0.4 is 0 Å². The predicted octanol–water partition coefficient (Wildman–Crippen LogP) is 2.24. The van der Waals surface area contributed by atoms with Gasteiger partial charge in [0.2, 0.25) is 0 Å². The Kier molecular flexibility index (Phi) is 2.10. The maximum Gasteiger partial charge on any atom is 0.123 e. The summed E-state index contributed by atoms with van der Waals surface area (Å²) in [5.74, 6) is -0.255. The summed E-state index contributed by atoms with van der Waals surface area (Å²) < 4.78 is 13.8. The van der Waals surface area contributed by atoms with E-state index in [-0.39, 0.29) is 5.82 Å². The Hall–Kier alpha value is -1.23. The van der Waals surface area contributed by atoms with E-state index in [2.05, 4.69) is 26.3 Å². The van der Waals surface area contributed by atoms with Crippen molar-refractivity contribution < 1.29 is 4.39 Å². The van der Waals surface area contributed by atoms with Crippen molar-refractivity contribution in [1.29, 1.82) is 0 Å². The number of aromatic nitrogens is 3. The zero-order valence-corrected chi connectivity index (χ0v) is 8.07. The highest BCUT2D eigenvalue weighted by Crippen LogP contribution is 2.16. The molecule has 0 amide bonds. The molecule has 0 aliphatic heterocycles. The third kappa shape index (κ3) is 1.75. The molecule has 0 saturated carbocycles. The summed E-state index contributed by atoms with van der Waals surface area (Å²) in [6, 6.07) is 6.10. The van der Waals surface area contributed by atoms with Gasteiger partial charge in [0.15, 0.2) is 0 Å². The minimum atomic E-state index is -0.255. The standard InChI is InChI=1S/C8H5BrFN3/c9-13-11-5-8(12-13)6-1-3-7(10)4-2-6/h1-5H. The molecule has 0 spiro atoms. The molecule has 2 rings (SSSR count). The van der Waals surface area contributed by atoms with Gasteiger partial charge in [-0.3, -0.25) is 0 Å². The molecule has 1 aromatic carbocycles. The van der Waals surface area contributed by atoms with Crippen LogP contribution in [0.2, 0.25) is 0 Å². The third-order valence-electron chi connectivity index (χ3n) is 1.61. The van der Waals surface area contributed by atoms with Gasteiger partial charge in [-0.05, 0) is 24.3 Å². The lowest BCUT2D eigenvalue weighted by Gasteiger charge is -1.93. The van der Waals surface area contributed by atoms with E-state index < -0.39 is 0 Å². The van der Waals surface area contributed by atoms with Crippen LogP contribution >= 0.6 is 16.1 Å². The van der Waals surface area contributed by atoms with E-state index in [1.165, 1.54) is 16.0 Å². The number of nitrogens with zero attached hydrogens (tertiary/aromatic N) is 3. The minimum absolute atomic E-state index is 0.255. The molecular formula is C8H5BrFN3. The second kappa shape index (κ2) is 3.26. The van der Waals surface area contributed by atoms with E-state index in [9.17, 15) is 4.39 Å². The fourth-order valence-electron chi connectivity index (χ4n) is 0.996. The lowest BCUT2D eigenvalue weighted by molar-refractivity contribution is 0.628. The molecule has 0 saturated heterocycles. The maximum absolute atomic E-state index is 12.6. The zero-order chi connectivity index (χ0) is 9.26. The van der Waals surface area contributed by atoms with Crippen molar-refractivity contribution in [2.24, 2.45) is 0 Å². The van der Waals surface area contributed by atoms with Gasteiger partial charge in [0.1, 0.15) is 11.5 Å². The van der Waals surface area contributed by atoms with E-state index in [1.54, 1.807) is 18.3 Å². The quantitative estimate of drug-likeness (QED) is 0.767. The molecule has 0 fully saturated rings. The Labute approximate surface area is 82.5 Å². The molecule has 1 aromatic heterocycles. The largest absolute Gasteiger partial charge is 0.207 e. The maximum atomic E-state index is 12.6. The van der Waals surface area contributed by atoms with Crippen LogP contribution in [0.3, 0.4) is 0 Å². The highest BCUT2D eigenvalue weighted by molar-refractivity contribution is 9.08. The molecule has 0 atom stereocenters. The van der Waals surface area contributed by atoms with Crippen LogP contribution in [0.5, 0.6) is 0 Å². The van der Waals surface area contributed by atoms with Crippen LogP contribution in [0.4, 0.5) is 4.39 Å². The summed E-state index contributed by atoms with van der Waals surface area (Å²) in [6.45, 7) is 0. The lowest BCUT2D eigenvalue weighted by atomic mass is 10.2. The average Bonchev–Trinajstić information content (AvgIpc) is 2.53. The Morgan fingerprint density at radius 2 is 1.92 bits per heavy atom. The fraction of sp³-hybridized carbons (Fsp3) is 0. The van der Waals surface area contributed by atoms with E-state index in [1.807, 2.05) is 0 Å². The molecule has 5 heteroatoms. The van der Waals surface area contributed by atoms with Crippen molar-refractivity contribution in [2.45, 2.75) is 0 Å². The zero-order valence-electron chi connectivity index (χ0n) is 6.48. The van der Waals surface area contributed by atoms with Crippen LogP contribution in [-0.4, -0.2) is 14.0 Å². The summed E-state index contributed by atoms with van der Waals surface area (Å²) >= 11 is 3.06. The van der Waals surface area contributed by atoms with Gasteiger partial charge in [0.05, 0.1) is 22.3 Å².